The van der Waals surface area contributed by atoms with Gasteiger partial charge in [0.05, 0.1) is 30.3 Å². The molecule has 2 aromatic carbocycles. The standard InChI is InChI=1S/C22H19ClFN3O3/c1-30-13-3-5-18-15(9-13)14-6-7-26(11-19(14)25-18)20-10-21(28)27(22(20)29)12-2-4-17(24)16(23)8-12/h2-5,8-9,20,25H,6-7,10-11H2,1H3/t20-/m0/s1. The first-order chi connectivity index (χ1) is 14.5. The van der Waals surface area contributed by atoms with E-state index in [-0.39, 0.29) is 23.3 Å². The lowest BCUT2D eigenvalue weighted by Crippen LogP contribution is -2.44. The van der Waals surface area contributed by atoms with Gasteiger partial charge >= 0.3 is 0 Å². The zero-order valence-electron chi connectivity index (χ0n) is 16.2. The number of carbonyl (C=O) groups is 2. The van der Waals surface area contributed by atoms with E-state index < -0.39 is 11.9 Å². The van der Waals surface area contributed by atoms with Gasteiger partial charge in [0.1, 0.15) is 11.6 Å². The number of aromatic nitrogens is 1. The number of carbonyl (C=O) groups excluding carboxylic acids is 2. The van der Waals surface area contributed by atoms with Crippen LogP contribution >= 0.6 is 11.6 Å². The molecule has 0 radical (unpaired) electrons. The second-order valence-electron chi connectivity index (χ2n) is 7.60. The molecule has 5 rings (SSSR count). The first-order valence-electron chi connectivity index (χ1n) is 9.69. The van der Waals surface area contributed by atoms with Gasteiger partial charge in [0, 0.05) is 29.7 Å². The van der Waals surface area contributed by atoms with Crippen LogP contribution in [0.3, 0.4) is 0 Å². The molecular weight excluding hydrogens is 409 g/mol. The minimum atomic E-state index is -0.588. The van der Waals surface area contributed by atoms with Crippen LogP contribution in [0.25, 0.3) is 10.9 Å². The number of fused-ring (bicyclic) bond motifs is 3. The molecule has 3 aromatic rings. The molecule has 1 saturated heterocycles. The number of amides is 2. The summed E-state index contributed by atoms with van der Waals surface area (Å²) in [6.07, 6.45) is 0.861. The molecule has 0 spiro atoms. The van der Waals surface area contributed by atoms with E-state index in [1.165, 1.54) is 17.7 Å². The van der Waals surface area contributed by atoms with Gasteiger partial charge in [0.15, 0.2) is 0 Å². The zero-order chi connectivity index (χ0) is 21.0. The lowest BCUT2D eigenvalue weighted by Gasteiger charge is -2.30. The van der Waals surface area contributed by atoms with Gasteiger partial charge in [-0.1, -0.05) is 11.6 Å². The number of ether oxygens (including phenoxy) is 1. The number of methoxy groups -OCH3 is 1. The van der Waals surface area contributed by atoms with Crippen LogP contribution in [0, 0.1) is 5.82 Å². The first-order valence-corrected chi connectivity index (χ1v) is 10.1. The predicted octanol–water partition coefficient (Wildman–Crippen LogP) is 3.66. The molecule has 2 amide bonds. The Bertz CT molecular complexity index is 1190. The second kappa shape index (κ2) is 7.11. The smallest absolute Gasteiger partial charge is 0.251 e. The summed E-state index contributed by atoms with van der Waals surface area (Å²) < 4.78 is 18.8. The number of benzene rings is 2. The normalized spacial score (nSPS) is 19.6. The fourth-order valence-electron chi connectivity index (χ4n) is 4.43. The largest absolute Gasteiger partial charge is 0.497 e. The highest BCUT2D eigenvalue weighted by Gasteiger charge is 2.43. The molecule has 1 fully saturated rings. The summed E-state index contributed by atoms with van der Waals surface area (Å²) in [4.78, 5) is 32.3. The van der Waals surface area contributed by atoms with E-state index in [2.05, 4.69) is 4.98 Å². The molecule has 2 aliphatic rings. The van der Waals surface area contributed by atoms with Crippen molar-refractivity contribution < 1.29 is 18.7 Å². The number of hydrogen-bond donors (Lipinski definition) is 1. The minimum Gasteiger partial charge on any atom is -0.497 e. The Morgan fingerprint density at radius 1 is 1.20 bits per heavy atom. The molecule has 1 aromatic heterocycles. The van der Waals surface area contributed by atoms with Crippen molar-refractivity contribution in [2.45, 2.75) is 25.4 Å². The third-order valence-electron chi connectivity index (χ3n) is 5.94. The lowest BCUT2D eigenvalue weighted by molar-refractivity contribution is -0.123. The Morgan fingerprint density at radius 3 is 2.80 bits per heavy atom. The van der Waals surface area contributed by atoms with Crippen LogP contribution in [0.1, 0.15) is 17.7 Å². The molecular formula is C22H19ClFN3O3. The summed E-state index contributed by atoms with van der Waals surface area (Å²) in [7, 11) is 1.64. The van der Waals surface area contributed by atoms with Crippen molar-refractivity contribution in [1.82, 2.24) is 9.88 Å². The molecule has 30 heavy (non-hydrogen) atoms. The van der Waals surface area contributed by atoms with Gasteiger partial charge in [0.25, 0.3) is 5.91 Å². The van der Waals surface area contributed by atoms with Crippen LogP contribution in [-0.2, 0) is 22.6 Å². The summed E-state index contributed by atoms with van der Waals surface area (Å²) in [5.41, 5.74) is 3.60. The Hall–Kier alpha value is -2.90. The van der Waals surface area contributed by atoms with Crippen LogP contribution in [0.5, 0.6) is 5.75 Å². The van der Waals surface area contributed by atoms with Gasteiger partial charge in [-0.2, -0.15) is 0 Å². The third-order valence-corrected chi connectivity index (χ3v) is 6.23. The molecule has 3 heterocycles. The van der Waals surface area contributed by atoms with Crippen molar-refractivity contribution in [3.63, 3.8) is 0 Å². The molecule has 0 unspecified atom stereocenters. The molecule has 154 valence electrons. The Labute approximate surface area is 177 Å². The number of anilines is 1. The van der Waals surface area contributed by atoms with E-state index in [9.17, 15) is 14.0 Å². The Kier molecular flexibility index (Phi) is 4.52. The van der Waals surface area contributed by atoms with Crippen molar-refractivity contribution >= 4 is 40.0 Å². The summed E-state index contributed by atoms with van der Waals surface area (Å²) in [5, 5.41) is 1.01. The van der Waals surface area contributed by atoms with Crippen LogP contribution in [0.4, 0.5) is 10.1 Å². The average Bonchev–Trinajstić information content (AvgIpc) is 3.25. The number of rotatable bonds is 3. The van der Waals surface area contributed by atoms with Crippen LogP contribution in [-0.4, -0.2) is 41.4 Å². The van der Waals surface area contributed by atoms with Crippen molar-refractivity contribution in [2.75, 3.05) is 18.6 Å². The van der Waals surface area contributed by atoms with Crippen LogP contribution < -0.4 is 9.64 Å². The van der Waals surface area contributed by atoms with Gasteiger partial charge < -0.3 is 9.72 Å². The van der Waals surface area contributed by atoms with Crippen molar-refractivity contribution in [3.05, 3.63) is 58.5 Å². The minimum absolute atomic E-state index is 0.0945. The molecule has 0 saturated carbocycles. The van der Waals surface area contributed by atoms with Gasteiger partial charge in [0.2, 0.25) is 5.91 Å². The topological polar surface area (TPSA) is 65.6 Å². The van der Waals surface area contributed by atoms with Gasteiger partial charge in [-0.3, -0.25) is 14.5 Å². The molecule has 8 heteroatoms. The Morgan fingerprint density at radius 2 is 2.03 bits per heavy atom. The maximum atomic E-state index is 13.5. The summed E-state index contributed by atoms with van der Waals surface area (Å²) >= 11 is 5.84. The van der Waals surface area contributed by atoms with Crippen molar-refractivity contribution in [3.8, 4) is 5.75 Å². The average molecular weight is 428 g/mol. The number of halogens is 2. The van der Waals surface area contributed by atoms with Crippen molar-refractivity contribution in [1.29, 1.82) is 0 Å². The molecule has 2 aliphatic heterocycles. The summed E-state index contributed by atoms with van der Waals surface area (Å²) in [6, 6.07) is 9.25. The third kappa shape index (κ3) is 2.97. The van der Waals surface area contributed by atoms with Crippen molar-refractivity contribution in [2.24, 2.45) is 0 Å². The van der Waals surface area contributed by atoms with Crippen LogP contribution in [0.15, 0.2) is 36.4 Å². The number of aromatic amines is 1. The molecule has 6 nitrogen and oxygen atoms in total. The molecule has 0 bridgehead atoms. The fourth-order valence-corrected chi connectivity index (χ4v) is 4.61. The zero-order valence-corrected chi connectivity index (χ0v) is 17.0. The number of nitrogens with zero attached hydrogens (tertiary/aromatic N) is 2. The molecule has 1 atom stereocenters. The van der Waals surface area contributed by atoms with E-state index in [1.54, 1.807) is 7.11 Å². The van der Waals surface area contributed by atoms with Crippen LogP contribution in [0.2, 0.25) is 5.02 Å². The molecule has 1 N–H and O–H groups in total. The summed E-state index contributed by atoms with van der Waals surface area (Å²) in [5.74, 6) is -0.393. The first kappa shape index (κ1) is 19.1. The maximum Gasteiger partial charge on any atom is 0.251 e. The van der Waals surface area contributed by atoms with Gasteiger partial charge in [-0.15, -0.1) is 0 Å². The monoisotopic (exact) mass is 427 g/mol. The highest BCUT2D eigenvalue weighted by Crippen LogP contribution is 2.34. The quantitative estimate of drug-likeness (QED) is 0.648. The van der Waals surface area contributed by atoms with E-state index >= 15 is 0 Å². The van der Waals surface area contributed by atoms with E-state index in [4.69, 9.17) is 16.3 Å². The number of hydrogen-bond acceptors (Lipinski definition) is 4. The number of H-pyrrole nitrogens is 1. The second-order valence-corrected chi connectivity index (χ2v) is 8.01. The highest BCUT2D eigenvalue weighted by atomic mass is 35.5. The Balaban J connectivity index is 1.41. The lowest BCUT2D eigenvalue weighted by atomic mass is 10.0. The van der Waals surface area contributed by atoms with Gasteiger partial charge in [-0.05, 0) is 48.4 Å². The van der Waals surface area contributed by atoms with E-state index in [0.29, 0.717) is 18.8 Å². The van der Waals surface area contributed by atoms with Gasteiger partial charge in [-0.25, -0.2) is 9.29 Å². The number of nitrogens with one attached hydrogen (secondary N) is 1. The molecule has 0 aliphatic carbocycles. The van der Waals surface area contributed by atoms with E-state index in [0.717, 1.165) is 39.7 Å². The fraction of sp³-hybridized carbons (Fsp3) is 0.273. The SMILES string of the molecule is COc1ccc2[nH]c3c(c2c1)CCN([C@H]1CC(=O)N(c2ccc(F)c(Cl)c2)C1=O)C3. The highest BCUT2D eigenvalue weighted by molar-refractivity contribution is 6.31. The number of imide groups is 1. The van der Waals surface area contributed by atoms with E-state index in [1.807, 2.05) is 23.1 Å². The predicted molar refractivity (Wildman–Crippen MR) is 111 cm³/mol. The maximum absolute atomic E-state index is 13.5. The summed E-state index contributed by atoms with van der Waals surface area (Å²) in [6.45, 7) is 1.22.